The van der Waals surface area contributed by atoms with Gasteiger partial charge in [0, 0.05) is 43.6 Å². The lowest BCUT2D eigenvalue weighted by molar-refractivity contribution is -0.142. The summed E-state index contributed by atoms with van der Waals surface area (Å²) in [6.45, 7) is 7.06. The summed E-state index contributed by atoms with van der Waals surface area (Å²) in [5, 5.41) is 4.39. The second-order valence-electron chi connectivity index (χ2n) is 11.0. The van der Waals surface area contributed by atoms with Crippen molar-refractivity contribution in [1.82, 2.24) is 0 Å². The van der Waals surface area contributed by atoms with Crippen LogP contribution in [-0.2, 0) is 28.5 Å². The third-order valence-electron chi connectivity index (χ3n) is 7.88. The Bertz CT molecular complexity index is 1780. The van der Waals surface area contributed by atoms with Crippen LogP contribution < -0.4 is 9.47 Å². The zero-order valence-electron chi connectivity index (χ0n) is 27.1. The summed E-state index contributed by atoms with van der Waals surface area (Å²) >= 11 is 0. The Morgan fingerprint density at radius 2 is 0.979 bits per heavy atom. The van der Waals surface area contributed by atoms with Crippen LogP contribution in [0.1, 0.15) is 0 Å². The molecule has 0 aliphatic heterocycles. The third-order valence-corrected chi connectivity index (χ3v) is 7.88. The first kappa shape index (κ1) is 33.9. The molecule has 48 heavy (non-hydrogen) atoms. The van der Waals surface area contributed by atoms with Gasteiger partial charge in [0.1, 0.15) is 50.1 Å². The predicted octanol–water partition coefficient (Wildman–Crippen LogP) is 7.57. The van der Waals surface area contributed by atoms with E-state index >= 15 is 0 Å². The molecule has 8 heteroatoms. The van der Waals surface area contributed by atoms with Crippen molar-refractivity contribution in [3.8, 4) is 33.8 Å². The van der Waals surface area contributed by atoms with Crippen LogP contribution in [0.2, 0.25) is 0 Å². The fraction of sp³-hybridized carbons (Fsp3) is 0.200. The van der Waals surface area contributed by atoms with Crippen molar-refractivity contribution < 1.29 is 38.0 Å². The van der Waals surface area contributed by atoms with Crippen LogP contribution in [0.25, 0.3) is 43.8 Å². The molecule has 0 saturated heterocycles. The van der Waals surface area contributed by atoms with Crippen LogP contribution in [-0.4, -0.2) is 64.8 Å². The molecule has 2 unspecified atom stereocenters. The zero-order chi connectivity index (χ0) is 33.9. The summed E-state index contributed by atoms with van der Waals surface area (Å²) in [5.41, 5.74) is 3.54. The van der Waals surface area contributed by atoms with E-state index in [0.717, 1.165) is 56.0 Å². The van der Waals surface area contributed by atoms with Gasteiger partial charge in [0.2, 0.25) is 0 Å². The number of ether oxygens (including phenoxy) is 6. The Labute approximate surface area is 280 Å². The molecule has 0 N–H and O–H groups in total. The van der Waals surface area contributed by atoms with E-state index in [4.69, 9.17) is 28.4 Å². The molecule has 5 rings (SSSR count). The Kier molecular flexibility index (Phi) is 11.6. The second kappa shape index (κ2) is 16.4. The van der Waals surface area contributed by atoms with Gasteiger partial charge in [-0.25, -0.2) is 9.59 Å². The fourth-order valence-corrected chi connectivity index (χ4v) is 5.17. The van der Waals surface area contributed by atoms with E-state index in [0.29, 0.717) is 11.5 Å². The summed E-state index contributed by atoms with van der Waals surface area (Å²) < 4.78 is 34.4. The summed E-state index contributed by atoms with van der Waals surface area (Å²) in [6.07, 6.45) is 1.12. The average Bonchev–Trinajstić information content (AvgIpc) is 3.14. The lowest BCUT2D eigenvalue weighted by atomic mass is 9.94. The van der Waals surface area contributed by atoms with Gasteiger partial charge in [-0.1, -0.05) is 86.0 Å². The smallest absolute Gasteiger partial charge is 0.330 e. The number of carbonyl (C=O) groups excluding carboxylic acids is 2. The molecule has 0 heterocycles. The van der Waals surface area contributed by atoms with Gasteiger partial charge >= 0.3 is 11.9 Å². The van der Waals surface area contributed by atoms with Gasteiger partial charge < -0.3 is 28.4 Å². The molecule has 0 saturated carbocycles. The number of hydrogen-bond donors (Lipinski definition) is 0. The van der Waals surface area contributed by atoms with E-state index in [-0.39, 0.29) is 26.4 Å². The van der Waals surface area contributed by atoms with Crippen LogP contribution in [0.4, 0.5) is 0 Å². The number of esters is 2. The van der Waals surface area contributed by atoms with Crippen molar-refractivity contribution in [3.05, 3.63) is 122 Å². The second-order valence-corrected chi connectivity index (χ2v) is 11.0. The normalized spacial score (nSPS) is 12.2. The standard InChI is InChI=1S/C40H38O8/c1-5-39(41)47-25-33(43-3)23-45-37-22-38(46-24-34(44-4)26-48-40(42)6-2)36(32-18-16-28-12-8-10-14-30(28)20-32)21-35(37)31-17-15-27-11-7-9-13-29(27)19-31/h5-22,33-34H,1-2,23-26H2,3-4H3. The highest BCUT2D eigenvalue weighted by atomic mass is 16.6. The molecule has 0 radical (unpaired) electrons. The molecule has 0 spiro atoms. The zero-order valence-corrected chi connectivity index (χ0v) is 27.1. The Hall–Kier alpha value is -5.44. The number of hydrogen-bond acceptors (Lipinski definition) is 8. The molecule has 246 valence electrons. The van der Waals surface area contributed by atoms with E-state index < -0.39 is 24.1 Å². The number of benzene rings is 5. The first-order valence-electron chi connectivity index (χ1n) is 15.5. The van der Waals surface area contributed by atoms with Crippen LogP contribution in [0.5, 0.6) is 11.5 Å². The molecular weight excluding hydrogens is 608 g/mol. The van der Waals surface area contributed by atoms with Gasteiger partial charge in [-0.3, -0.25) is 0 Å². The minimum atomic E-state index is -0.546. The maximum absolute atomic E-state index is 11.7. The minimum absolute atomic E-state index is 0.00978. The quantitative estimate of drug-likeness (QED) is 0.0801. The summed E-state index contributed by atoms with van der Waals surface area (Å²) in [6, 6.07) is 32.7. The van der Waals surface area contributed by atoms with Gasteiger partial charge in [-0.2, -0.15) is 0 Å². The Morgan fingerprint density at radius 1 is 0.562 bits per heavy atom. The number of methoxy groups -OCH3 is 2. The van der Waals surface area contributed by atoms with Crippen molar-refractivity contribution in [2.24, 2.45) is 0 Å². The topological polar surface area (TPSA) is 89.5 Å². The molecule has 0 aromatic heterocycles. The van der Waals surface area contributed by atoms with Gasteiger partial charge in [0.15, 0.2) is 0 Å². The minimum Gasteiger partial charge on any atom is -0.490 e. The maximum Gasteiger partial charge on any atom is 0.330 e. The SMILES string of the molecule is C=CC(=O)OCC(COc1cc(OCC(COC(=O)C=C)OC)c(-c2ccc3ccccc3c2)cc1-c1ccc2ccccc2c1)OC. The molecular formula is C40H38O8. The highest BCUT2D eigenvalue weighted by Crippen LogP contribution is 2.42. The highest BCUT2D eigenvalue weighted by molar-refractivity contribution is 5.92. The van der Waals surface area contributed by atoms with E-state index in [1.54, 1.807) is 0 Å². The van der Waals surface area contributed by atoms with Gasteiger partial charge in [-0.05, 0) is 50.9 Å². The van der Waals surface area contributed by atoms with Crippen LogP contribution in [0.3, 0.4) is 0 Å². The van der Waals surface area contributed by atoms with Crippen molar-refractivity contribution >= 4 is 33.5 Å². The van der Waals surface area contributed by atoms with Gasteiger partial charge in [0.25, 0.3) is 0 Å². The summed E-state index contributed by atoms with van der Waals surface area (Å²) in [7, 11) is 3.06. The molecule has 5 aromatic rings. The third kappa shape index (κ3) is 8.47. The molecule has 0 aliphatic carbocycles. The van der Waals surface area contributed by atoms with E-state index in [1.165, 1.54) is 14.2 Å². The summed E-state index contributed by atoms with van der Waals surface area (Å²) in [5.74, 6) is -0.0190. The molecule has 0 amide bonds. The maximum atomic E-state index is 11.7. The molecule has 0 bridgehead atoms. The van der Waals surface area contributed by atoms with Crippen molar-refractivity contribution in [2.75, 3.05) is 40.6 Å². The Balaban J connectivity index is 1.59. The van der Waals surface area contributed by atoms with Crippen molar-refractivity contribution in [2.45, 2.75) is 12.2 Å². The number of carbonyl (C=O) groups is 2. The fourth-order valence-electron chi connectivity index (χ4n) is 5.17. The van der Waals surface area contributed by atoms with Crippen LogP contribution in [0.15, 0.2) is 122 Å². The predicted molar refractivity (Wildman–Crippen MR) is 187 cm³/mol. The molecule has 2 atom stereocenters. The number of rotatable bonds is 16. The summed E-state index contributed by atoms with van der Waals surface area (Å²) in [4.78, 5) is 23.4. The molecule has 5 aromatic carbocycles. The van der Waals surface area contributed by atoms with Gasteiger partial charge in [0.05, 0.1) is 0 Å². The van der Waals surface area contributed by atoms with Crippen molar-refractivity contribution in [3.63, 3.8) is 0 Å². The molecule has 0 aliphatic rings. The average molecular weight is 647 g/mol. The highest BCUT2D eigenvalue weighted by Gasteiger charge is 2.20. The van der Waals surface area contributed by atoms with Gasteiger partial charge in [-0.15, -0.1) is 0 Å². The van der Waals surface area contributed by atoms with E-state index in [2.05, 4.69) is 79.9 Å². The first-order chi connectivity index (χ1) is 23.4. The van der Waals surface area contributed by atoms with Crippen LogP contribution in [0, 0.1) is 0 Å². The Morgan fingerprint density at radius 3 is 1.38 bits per heavy atom. The number of fused-ring (bicyclic) bond motifs is 2. The first-order valence-corrected chi connectivity index (χ1v) is 15.5. The van der Waals surface area contributed by atoms with E-state index in [9.17, 15) is 9.59 Å². The lowest BCUT2D eigenvalue weighted by Gasteiger charge is -2.22. The molecule has 8 nitrogen and oxygen atoms in total. The monoisotopic (exact) mass is 646 g/mol. The van der Waals surface area contributed by atoms with E-state index in [1.807, 2.05) is 30.3 Å². The van der Waals surface area contributed by atoms with Crippen LogP contribution >= 0.6 is 0 Å². The lowest BCUT2D eigenvalue weighted by Crippen LogP contribution is -2.27. The molecule has 0 fully saturated rings. The largest absolute Gasteiger partial charge is 0.490 e. The van der Waals surface area contributed by atoms with Crippen molar-refractivity contribution in [1.29, 1.82) is 0 Å².